The first-order valence-corrected chi connectivity index (χ1v) is 29.9. The van der Waals surface area contributed by atoms with Gasteiger partial charge in [0.15, 0.2) is 0 Å². The second-order valence-electron chi connectivity index (χ2n) is 24.6. The van der Waals surface area contributed by atoms with E-state index in [1.165, 1.54) is 73.3 Å². The van der Waals surface area contributed by atoms with Gasteiger partial charge >= 0.3 is 12.1 Å². The van der Waals surface area contributed by atoms with Crippen molar-refractivity contribution in [2.75, 3.05) is 32.5 Å². The van der Waals surface area contributed by atoms with Crippen LogP contribution in [0.1, 0.15) is 140 Å². The molecular weight excluding hydrogens is 1100 g/mol. The molecule has 0 fully saturated rings. The molecule has 0 radical (unpaired) electrons. The van der Waals surface area contributed by atoms with Crippen LogP contribution in [0.15, 0.2) is 78.4 Å². The van der Waals surface area contributed by atoms with E-state index >= 15 is 0 Å². The summed E-state index contributed by atoms with van der Waals surface area (Å²) in [6.45, 7) is 23.0. The van der Waals surface area contributed by atoms with Crippen LogP contribution in [-0.2, 0) is 64.3 Å². The number of amides is 11. The van der Waals surface area contributed by atoms with E-state index in [1.807, 2.05) is 58.0 Å². The van der Waals surface area contributed by atoms with Crippen LogP contribution in [0.5, 0.6) is 0 Å². The number of nitrogens with one attached hydrogen (secondary N) is 6. The van der Waals surface area contributed by atoms with Gasteiger partial charge in [0.05, 0.1) is 11.8 Å². The van der Waals surface area contributed by atoms with Crippen molar-refractivity contribution in [3.8, 4) is 0 Å². The zero-order valence-corrected chi connectivity index (χ0v) is 52.3. The SMILES string of the molecule is CC(=CC(C(C)C)N(C)C(=O)C(NC(=O)C(N(C)C(=O)OC(C)(C)C)C(C)(C)c1ccccc1)C(C)(C)C)C(=O)NS(=O)(=O)Cc1ccc(NC(=O)C(CCCNC(N)=O)NC(=O)C(NC(=O)CCCCCN2C(=O)C=CC2=O)C(C)C)cc1. The van der Waals surface area contributed by atoms with Gasteiger partial charge < -0.3 is 42.0 Å². The van der Waals surface area contributed by atoms with E-state index in [1.54, 1.807) is 55.4 Å². The molecule has 84 heavy (non-hydrogen) atoms. The van der Waals surface area contributed by atoms with Crippen LogP contribution in [0.2, 0.25) is 0 Å². The number of carbonyl (C=O) groups is 10. The Morgan fingerprint density at radius 2 is 1.32 bits per heavy atom. The first kappa shape index (κ1) is 70.6. The van der Waals surface area contributed by atoms with Gasteiger partial charge in [0.2, 0.25) is 39.6 Å². The molecule has 1 heterocycles. The lowest BCUT2D eigenvalue weighted by molar-refractivity contribution is -0.142. The smallest absolute Gasteiger partial charge is 0.410 e. The molecule has 0 saturated carbocycles. The summed E-state index contributed by atoms with van der Waals surface area (Å²) in [5, 5.41) is 13.6. The number of benzene rings is 2. The largest absolute Gasteiger partial charge is 0.444 e. The molecule has 3 rings (SSSR count). The molecular formula is C60H90N10O13S. The standard InChI is InChI=1S/C60H90N10O13S/c1-37(2)44(68(14)55(78)49(58(6,7)8)66-54(77)50(69(15)57(80)83-59(9,10)11)60(12,13)41-23-18-16-19-24-41)35-39(5)51(74)67-84(81,82)36-40-27-29-42(30-28-40)63-52(75)43(25-22-33-62-56(61)79)64-53(76)48(38(3)4)65-45(71)26-20-17-21-34-70-46(72)31-32-47(70)73/h16,18-19,23-24,27-32,35,37-38,43-44,48-50H,17,20-22,25-26,33-34,36H2,1-15H3,(H,63,75)(H,64,76)(H,65,71)(H,66,77)(H,67,74)(H3,61,62,79). The number of unbranched alkanes of at least 4 members (excludes halogenated alkanes) is 2. The minimum atomic E-state index is -4.34. The number of hydrogen-bond donors (Lipinski definition) is 7. The second kappa shape index (κ2) is 30.8. The first-order valence-electron chi connectivity index (χ1n) is 28.2. The van der Waals surface area contributed by atoms with Crippen LogP contribution in [0.4, 0.5) is 15.3 Å². The number of imide groups is 1. The van der Waals surface area contributed by atoms with Gasteiger partial charge in [-0.2, -0.15) is 0 Å². The Balaban J connectivity index is 1.73. The molecule has 2 aromatic carbocycles. The Bertz CT molecular complexity index is 2840. The van der Waals surface area contributed by atoms with E-state index in [2.05, 4.69) is 31.3 Å². The van der Waals surface area contributed by atoms with Crippen LogP contribution in [0.25, 0.3) is 0 Å². The molecule has 0 aliphatic carbocycles. The summed E-state index contributed by atoms with van der Waals surface area (Å²) < 4.78 is 34.8. The van der Waals surface area contributed by atoms with Gasteiger partial charge in [-0.05, 0) is 93.9 Å². The third kappa shape index (κ3) is 21.8. The summed E-state index contributed by atoms with van der Waals surface area (Å²) in [4.78, 5) is 136. The van der Waals surface area contributed by atoms with Crippen LogP contribution in [-0.4, -0.2) is 145 Å². The topological polar surface area (TPSA) is 322 Å². The van der Waals surface area contributed by atoms with E-state index in [9.17, 15) is 56.4 Å². The number of rotatable bonds is 29. The molecule has 0 spiro atoms. The van der Waals surface area contributed by atoms with Crippen molar-refractivity contribution < 1.29 is 61.1 Å². The van der Waals surface area contributed by atoms with Gasteiger partial charge in [-0.3, -0.25) is 48.2 Å². The Labute approximate surface area is 495 Å². The fourth-order valence-corrected chi connectivity index (χ4v) is 10.5. The summed E-state index contributed by atoms with van der Waals surface area (Å²) in [5.41, 5.74) is 3.71. The Morgan fingerprint density at radius 3 is 1.86 bits per heavy atom. The number of nitrogens with zero attached hydrogens (tertiary/aromatic N) is 3. The number of ether oxygens (including phenoxy) is 1. The quantitative estimate of drug-likeness (QED) is 0.0309. The molecule has 23 nitrogen and oxygen atoms in total. The summed E-state index contributed by atoms with van der Waals surface area (Å²) >= 11 is 0. The Morgan fingerprint density at radius 1 is 0.726 bits per heavy atom. The molecule has 5 unspecified atom stereocenters. The maximum absolute atomic E-state index is 14.7. The van der Waals surface area contributed by atoms with Crippen molar-refractivity contribution in [3.63, 3.8) is 0 Å². The lowest BCUT2D eigenvalue weighted by Crippen LogP contribution is -2.63. The summed E-state index contributed by atoms with van der Waals surface area (Å²) in [6, 6.07) is 8.90. The van der Waals surface area contributed by atoms with Crippen LogP contribution in [0.3, 0.4) is 0 Å². The van der Waals surface area contributed by atoms with E-state index in [0.29, 0.717) is 19.3 Å². The first-order chi connectivity index (χ1) is 38.9. The van der Waals surface area contributed by atoms with Crippen molar-refractivity contribution in [1.29, 1.82) is 0 Å². The number of carbonyl (C=O) groups excluding carboxylic acids is 10. The van der Waals surface area contributed by atoms with Gasteiger partial charge in [-0.15, -0.1) is 0 Å². The number of hydrogen-bond acceptors (Lipinski definition) is 13. The predicted octanol–water partition coefficient (Wildman–Crippen LogP) is 5.30. The van der Waals surface area contributed by atoms with Crippen LogP contribution in [0, 0.1) is 17.3 Å². The fourth-order valence-electron chi connectivity index (χ4n) is 9.36. The van der Waals surface area contributed by atoms with Gasteiger partial charge in [0, 0.05) is 62.4 Å². The number of anilines is 1. The molecule has 24 heteroatoms. The van der Waals surface area contributed by atoms with Crippen LogP contribution >= 0.6 is 0 Å². The second-order valence-corrected chi connectivity index (χ2v) is 26.3. The predicted molar refractivity (Wildman–Crippen MR) is 319 cm³/mol. The highest BCUT2D eigenvalue weighted by Crippen LogP contribution is 2.33. The summed E-state index contributed by atoms with van der Waals surface area (Å²) in [7, 11) is -1.33. The third-order valence-electron chi connectivity index (χ3n) is 14.1. The molecule has 11 amide bonds. The Kier molecular flexibility index (Phi) is 25.9. The zero-order chi connectivity index (χ0) is 63.7. The highest BCUT2D eigenvalue weighted by Gasteiger charge is 2.46. The molecule has 8 N–H and O–H groups in total. The van der Waals surface area contributed by atoms with Crippen molar-refractivity contribution >= 4 is 75.1 Å². The minimum absolute atomic E-state index is 0.0121. The third-order valence-corrected chi connectivity index (χ3v) is 15.3. The normalized spacial score (nSPS) is 14.9. The molecule has 2 aromatic rings. The molecule has 0 aromatic heterocycles. The maximum Gasteiger partial charge on any atom is 0.410 e. The van der Waals surface area contributed by atoms with Gasteiger partial charge in [0.25, 0.3) is 17.7 Å². The number of primary amides is 1. The minimum Gasteiger partial charge on any atom is -0.444 e. The van der Waals surface area contributed by atoms with Gasteiger partial charge in [0.1, 0.15) is 29.8 Å². The summed E-state index contributed by atoms with van der Waals surface area (Å²) in [6.07, 6.45) is 4.97. The highest BCUT2D eigenvalue weighted by atomic mass is 32.2. The van der Waals surface area contributed by atoms with E-state index in [-0.39, 0.29) is 66.9 Å². The molecule has 464 valence electrons. The van der Waals surface area contributed by atoms with Crippen molar-refractivity contribution in [1.82, 2.24) is 40.7 Å². The summed E-state index contributed by atoms with van der Waals surface area (Å²) in [5.74, 6) is -5.87. The number of nitrogens with two attached hydrogens (primary N) is 1. The fraction of sp³-hybridized carbons (Fsp3) is 0.567. The maximum atomic E-state index is 14.7. The molecule has 1 aliphatic heterocycles. The number of likely N-dealkylation sites (N-methyl/N-ethyl adjacent to an activating group) is 2. The molecule has 5 atom stereocenters. The molecule has 0 bridgehead atoms. The van der Waals surface area contributed by atoms with Crippen molar-refractivity contribution in [2.45, 2.75) is 176 Å². The highest BCUT2D eigenvalue weighted by molar-refractivity contribution is 7.89. The van der Waals surface area contributed by atoms with Gasteiger partial charge in [-0.1, -0.05) is 117 Å². The van der Waals surface area contributed by atoms with Crippen molar-refractivity contribution in [3.05, 3.63) is 89.5 Å². The lowest BCUT2D eigenvalue weighted by Gasteiger charge is -2.42. The monoisotopic (exact) mass is 1190 g/mol. The Hall–Kier alpha value is -7.63. The average molecular weight is 1190 g/mol. The number of sulfonamides is 1. The van der Waals surface area contributed by atoms with Crippen molar-refractivity contribution in [2.24, 2.45) is 23.0 Å². The van der Waals surface area contributed by atoms with Gasteiger partial charge in [-0.25, -0.2) is 22.7 Å². The molecule has 1 aliphatic rings. The number of urea groups is 1. The van der Waals surface area contributed by atoms with Crippen LogP contribution < -0.4 is 37.0 Å². The van der Waals surface area contributed by atoms with E-state index in [4.69, 9.17) is 10.5 Å². The zero-order valence-electron chi connectivity index (χ0n) is 51.5. The van der Waals surface area contributed by atoms with E-state index < -0.39 is 116 Å². The lowest BCUT2D eigenvalue weighted by atomic mass is 9.76. The van der Waals surface area contributed by atoms with E-state index in [0.717, 1.165) is 10.5 Å². The average Bonchev–Trinajstić information content (AvgIpc) is 1.91. The molecule has 0 saturated heterocycles.